The van der Waals surface area contributed by atoms with Gasteiger partial charge in [-0.2, -0.15) is 0 Å². The molecule has 14 heavy (non-hydrogen) atoms. The molecule has 0 aliphatic carbocycles. The Kier molecular flexibility index (Phi) is 4.10. The Morgan fingerprint density at radius 2 is 1.71 bits per heavy atom. The van der Waals surface area contributed by atoms with Crippen molar-refractivity contribution in [1.29, 1.82) is 0 Å². The van der Waals surface area contributed by atoms with Gasteiger partial charge in [0.2, 0.25) is 0 Å². The Morgan fingerprint density at radius 1 is 1.14 bits per heavy atom. The zero-order valence-corrected chi connectivity index (χ0v) is 10.4. The molecule has 0 radical (unpaired) electrons. The fraction of sp³-hybridized carbons (Fsp3) is 0.500. The summed E-state index contributed by atoms with van der Waals surface area (Å²) < 4.78 is 5.99. The summed E-state index contributed by atoms with van der Waals surface area (Å²) in [5, 5.41) is 1.35. The predicted octanol–water partition coefficient (Wildman–Crippen LogP) is 3.18. The van der Waals surface area contributed by atoms with Gasteiger partial charge in [0.25, 0.3) is 0 Å². The van der Waals surface area contributed by atoms with Crippen LogP contribution in [0.2, 0.25) is 0 Å². The van der Waals surface area contributed by atoms with Crippen molar-refractivity contribution in [1.82, 2.24) is 0 Å². The van der Waals surface area contributed by atoms with Gasteiger partial charge in [-0.05, 0) is 18.1 Å². The first-order chi connectivity index (χ1) is 6.52. The molecule has 1 aromatic rings. The van der Waals surface area contributed by atoms with Gasteiger partial charge in [0.05, 0.1) is 19.9 Å². The number of hydrogen-bond donors (Lipinski definition) is 0. The zero-order valence-electron chi connectivity index (χ0n) is 9.53. The topological polar surface area (TPSA) is 9.23 Å². The number of rotatable bonds is 4. The molecule has 0 saturated carbocycles. The van der Waals surface area contributed by atoms with Crippen LogP contribution in [0.5, 0.6) is 0 Å². The van der Waals surface area contributed by atoms with Crippen molar-refractivity contribution >= 4 is 12.8 Å². The van der Waals surface area contributed by atoms with Crippen LogP contribution in [0.3, 0.4) is 0 Å². The maximum Gasteiger partial charge on any atom is 0.172 e. The van der Waals surface area contributed by atoms with Gasteiger partial charge in [-0.1, -0.05) is 32.0 Å². The largest absolute Gasteiger partial charge is 0.233 e. The van der Waals surface area contributed by atoms with E-state index in [1.165, 1.54) is 5.30 Å². The van der Waals surface area contributed by atoms with Crippen LogP contribution in [-0.4, -0.2) is 19.9 Å². The van der Waals surface area contributed by atoms with Crippen LogP contribution in [-0.2, 0) is 4.52 Å². The molecule has 0 bridgehead atoms. The van der Waals surface area contributed by atoms with Crippen molar-refractivity contribution in [2.45, 2.75) is 13.8 Å². The summed E-state index contributed by atoms with van der Waals surface area (Å²) in [4.78, 5) is 0. The molecular formula is C12H20OP+. The minimum absolute atomic E-state index is 0.609. The molecule has 0 fully saturated rings. The Balaban J connectivity index is 2.66. The van der Waals surface area contributed by atoms with Crippen molar-refractivity contribution in [2.75, 3.05) is 19.9 Å². The summed E-state index contributed by atoms with van der Waals surface area (Å²) in [5.74, 6) is 0.609. The molecule has 0 aliphatic rings. The molecule has 1 nitrogen and oxygen atoms in total. The number of benzene rings is 1. The highest BCUT2D eigenvalue weighted by Crippen LogP contribution is 2.51. The van der Waals surface area contributed by atoms with E-state index in [4.69, 9.17) is 4.52 Å². The first-order valence-corrected chi connectivity index (χ1v) is 7.66. The van der Waals surface area contributed by atoms with E-state index in [1.54, 1.807) is 0 Å². The lowest BCUT2D eigenvalue weighted by Gasteiger charge is -2.17. The van der Waals surface area contributed by atoms with Crippen LogP contribution >= 0.6 is 7.49 Å². The molecule has 0 aliphatic heterocycles. The Hall–Kier alpha value is -0.390. The highest BCUT2D eigenvalue weighted by molar-refractivity contribution is 7.77. The zero-order chi connectivity index (χ0) is 10.6. The minimum Gasteiger partial charge on any atom is -0.233 e. The SMILES string of the molecule is CC(C)CO[P+](C)(C)c1ccccc1. The van der Waals surface area contributed by atoms with Crippen molar-refractivity contribution in [3.8, 4) is 0 Å². The molecule has 1 aromatic carbocycles. The first-order valence-electron chi connectivity index (χ1n) is 5.06. The van der Waals surface area contributed by atoms with Gasteiger partial charge >= 0.3 is 0 Å². The fourth-order valence-electron chi connectivity index (χ4n) is 1.20. The predicted molar refractivity (Wildman–Crippen MR) is 65.6 cm³/mol. The molecule has 0 amide bonds. The molecule has 0 unspecified atom stereocenters. The second-order valence-corrected chi connectivity index (χ2v) is 7.85. The second kappa shape index (κ2) is 4.91. The summed E-state index contributed by atoms with van der Waals surface area (Å²) in [5.41, 5.74) is 0. The van der Waals surface area contributed by atoms with Crippen LogP contribution in [0.1, 0.15) is 13.8 Å². The summed E-state index contributed by atoms with van der Waals surface area (Å²) >= 11 is 0. The van der Waals surface area contributed by atoms with Gasteiger partial charge in [0.15, 0.2) is 7.49 Å². The highest BCUT2D eigenvalue weighted by atomic mass is 31.2. The monoisotopic (exact) mass is 211 g/mol. The van der Waals surface area contributed by atoms with Crippen LogP contribution in [0.15, 0.2) is 30.3 Å². The average molecular weight is 211 g/mol. The van der Waals surface area contributed by atoms with E-state index in [2.05, 4.69) is 51.4 Å². The van der Waals surface area contributed by atoms with E-state index < -0.39 is 7.49 Å². The molecule has 0 atom stereocenters. The van der Waals surface area contributed by atoms with Gasteiger partial charge < -0.3 is 0 Å². The molecule has 0 saturated heterocycles. The smallest absolute Gasteiger partial charge is 0.172 e. The van der Waals surface area contributed by atoms with E-state index in [0.29, 0.717) is 5.92 Å². The second-order valence-electron chi connectivity index (χ2n) is 4.38. The average Bonchev–Trinajstić information content (AvgIpc) is 2.16. The normalized spacial score (nSPS) is 12.1. The molecule has 0 heterocycles. The van der Waals surface area contributed by atoms with E-state index in [1.807, 2.05) is 6.07 Å². The van der Waals surface area contributed by atoms with Crippen LogP contribution < -0.4 is 5.30 Å². The third-order valence-corrected chi connectivity index (χ3v) is 4.44. The van der Waals surface area contributed by atoms with E-state index in [9.17, 15) is 0 Å². The first kappa shape index (κ1) is 11.7. The van der Waals surface area contributed by atoms with Crippen molar-refractivity contribution < 1.29 is 4.52 Å². The van der Waals surface area contributed by atoms with Gasteiger partial charge in [-0.3, -0.25) is 0 Å². The maximum atomic E-state index is 5.99. The molecule has 78 valence electrons. The van der Waals surface area contributed by atoms with Crippen LogP contribution in [0.4, 0.5) is 0 Å². The maximum absolute atomic E-state index is 5.99. The highest BCUT2D eigenvalue weighted by Gasteiger charge is 2.30. The lowest BCUT2D eigenvalue weighted by Crippen LogP contribution is -2.13. The minimum atomic E-state index is -1.35. The Labute approximate surface area is 87.9 Å². The van der Waals surface area contributed by atoms with E-state index >= 15 is 0 Å². The molecule has 1 rings (SSSR count). The molecule has 2 heteroatoms. The fourth-order valence-corrected chi connectivity index (χ4v) is 2.91. The third-order valence-electron chi connectivity index (χ3n) is 2.11. The quantitative estimate of drug-likeness (QED) is 0.695. The summed E-state index contributed by atoms with van der Waals surface area (Å²) in [7, 11) is -1.35. The lowest BCUT2D eigenvalue weighted by molar-refractivity contribution is 0.296. The molecular weight excluding hydrogens is 191 g/mol. The van der Waals surface area contributed by atoms with E-state index in [0.717, 1.165) is 6.61 Å². The molecule has 0 aromatic heterocycles. The van der Waals surface area contributed by atoms with E-state index in [-0.39, 0.29) is 0 Å². The lowest BCUT2D eigenvalue weighted by atomic mass is 10.2. The molecule has 0 spiro atoms. The Morgan fingerprint density at radius 3 is 2.21 bits per heavy atom. The number of hydrogen-bond acceptors (Lipinski definition) is 1. The van der Waals surface area contributed by atoms with Gasteiger partial charge in [0.1, 0.15) is 5.30 Å². The van der Waals surface area contributed by atoms with Gasteiger partial charge in [0, 0.05) is 0 Å². The van der Waals surface area contributed by atoms with Gasteiger partial charge in [-0.15, -0.1) is 0 Å². The van der Waals surface area contributed by atoms with Crippen LogP contribution in [0, 0.1) is 5.92 Å². The third kappa shape index (κ3) is 3.40. The van der Waals surface area contributed by atoms with Crippen molar-refractivity contribution in [3.63, 3.8) is 0 Å². The van der Waals surface area contributed by atoms with Gasteiger partial charge in [-0.25, -0.2) is 4.52 Å². The van der Waals surface area contributed by atoms with Crippen molar-refractivity contribution in [2.24, 2.45) is 5.92 Å². The Bertz CT molecular complexity index is 267. The molecule has 0 N–H and O–H groups in total. The standard InChI is InChI=1S/C12H20OP/c1-11(2)10-13-14(3,4)12-8-6-5-7-9-12/h5-9,11H,10H2,1-4H3/q+1. The summed E-state index contributed by atoms with van der Waals surface area (Å²) in [6.07, 6.45) is 0. The van der Waals surface area contributed by atoms with Crippen molar-refractivity contribution in [3.05, 3.63) is 30.3 Å². The summed E-state index contributed by atoms with van der Waals surface area (Å²) in [6.45, 7) is 9.68. The van der Waals surface area contributed by atoms with Crippen LogP contribution in [0.25, 0.3) is 0 Å². The summed E-state index contributed by atoms with van der Waals surface area (Å²) in [6, 6.07) is 10.5.